The first kappa shape index (κ1) is 14.9. The Labute approximate surface area is 104 Å². The molecule has 1 aliphatic rings. The fraction of sp³-hybridized carbons (Fsp3) is 1.00. The maximum atomic E-state index is 10.7. The molecule has 4 nitrogen and oxygen atoms in total. The number of aliphatic hydroxyl groups is 3. The van der Waals surface area contributed by atoms with Crippen molar-refractivity contribution in [3.05, 3.63) is 0 Å². The van der Waals surface area contributed by atoms with Crippen molar-refractivity contribution in [1.29, 1.82) is 0 Å². The van der Waals surface area contributed by atoms with E-state index in [9.17, 15) is 15.3 Å². The van der Waals surface area contributed by atoms with Gasteiger partial charge in [-0.1, -0.05) is 13.8 Å². The predicted octanol–water partition coefficient (Wildman–Crippen LogP) is 0.930. The molecule has 0 heterocycles. The third kappa shape index (κ3) is 1.51. The number of hydrogen-bond acceptors (Lipinski definition) is 4. The fourth-order valence-corrected chi connectivity index (χ4v) is 3.21. The first-order valence-electron chi connectivity index (χ1n) is 6.09. The summed E-state index contributed by atoms with van der Waals surface area (Å²) in [6.07, 6.45) is 0. The zero-order valence-corrected chi connectivity index (χ0v) is 11.9. The molecule has 1 saturated carbocycles. The highest BCUT2D eigenvalue weighted by Gasteiger charge is 2.69. The van der Waals surface area contributed by atoms with Crippen LogP contribution in [0.4, 0.5) is 0 Å². The van der Waals surface area contributed by atoms with Gasteiger partial charge in [0.15, 0.2) is 0 Å². The van der Waals surface area contributed by atoms with Crippen molar-refractivity contribution in [1.82, 2.24) is 0 Å². The minimum Gasteiger partial charge on any atom is -0.387 e. The molecule has 0 aromatic heterocycles. The second-order valence-corrected chi connectivity index (χ2v) is 6.20. The highest BCUT2D eigenvalue weighted by Crippen LogP contribution is 2.55. The Morgan fingerprint density at radius 2 is 1.12 bits per heavy atom. The lowest BCUT2D eigenvalue weighted by atomic mass is 9.51. The SMILES string of the molecule is COC1(C)C(C)C(C)(O)C(C)(O)C(C)C1(C)O. The van der Waals surface area contributed by atoms with E-state index in [2.05, 4.69) is 0 Å². The third-order valence-corrected chi connectivity index (χ3v) is 5.81. The molecule has 6 unspecified atom stereocenters. The van der Waals surface area contributed by atoms with E-state index in [1.165, 1.54) is 7.11 Å². The van der Waals surface area contributed by atoms with Crippen LogP contribution < -0.4 is 0 Å². The molecule has 0 aromatic carbocycles. The molecular formula is C13H26O4. The van der Waals surface area contributed by atoms with Crippen LogP contribution in [0.2, 0.25) is 0 Å². The van der Waals surface area contributed by atoms with E-state index in [0.29, 0.717) is 0 Å². The summed E-state index contributed by atoms with van der Waals surface area (Å²) in [6.45, 7) is 10.1. The Hall–Kier alpha value is -0.160. The lowest BCUT2D eigenvalue weighted by Gasteiger charge is -2.63. The van der Waals surface area contributed by atoms with E-state index in [4.69, 9.17) is 4.74 Å². The molecule has 0 amide bonds. The Kier molecular flexibility index (Phi) is 3.21. The third-order valence-electron chi connectivity index (χ3n) is 5.81. The van der Waals surface area contributed by atoms with Crippen LogP contribution in [0.25, 0.3) is 0 Å². The van der Waals surface area contributed by atoms with Crippen molar-refractivity contribution in [2.24, 2.45) is 11.8 Å². The summed E-state index contributed by atoms with van der Waals surface area (Å²) in [6, 6.07) is 0. The van der Waals surface area contributed by atoms with Crippen LogP contribution in [0.5, 0.6) is 0 Å². The van der Waals surface area contributed by atoms with Crippen molar-refractivity contribution in [2.75, 3.05) is 7.11 Å². The van der Waals surface area contributed by atoms with Crippen molar-refractivity contribution in [3.8, 4) is 0 Å². The monoisotopic (exact) mass is 246 g/mol. The highest BCUT2D eigenvalue weighted by atomic mass is 16.5. The van der Waals surface area contributed by atoms with E-state index in [0.717, 1.165) is 0 Å². The number of rotatable bonds is 1. The second kappa shape index (κ2) is 3.67. The predicted molar refractivity (Wildman–Crippen MR) is 65.6 cm³/mol. The van der Waals surface area contributed by atoms with E-state index in [1.807, 2.05) is 0 Å². The largest absolute Gasteiger partial charge is 0.387 e. The minimum atomic E-state index is -1.38. The first-order valence-corrected chi connectivity index (χ1v) is 6.09. The molecule has 1 fully saturated rings. The van der Waals surface area contributed by atoms with E-state index in [-0.39, 0.29) is 0 Å². The molecular weight excluding hydrogens is 220 g/mol. The molecule has 102 valence electrons. The van der Waals surface area contributed by atoms with Crippen molar-refractivity contribution < 1.29 is 20.1 Å². The van der Waals surface area contributed by atoms with Crippen LogP contribution in [-0.2, 0) is 4.74 Å². The summed E-state index contributed by atoms with van der Waals surface area (Å²) < 4.78 is 5.48. The number of hydrogen-bond donors (Lipinski definition) is 3. The maximum Gasteiger partial charge on any atom is 0.0990 e. The van der Waals surface area contributed by atoms with Gasteiger partial charge in [-0.25, -0.2) is 0 Å². The van der Waals surface area contributed by atoms with Crippen LogP contribution in [0.1, 0.15) is 41.5 Å². The standard InChI is InChI=1S/C13H26O4/c1-8-10(3,14)11(4,15)9(2)13(6,17-7)12(8,5)16/h8-9,14-16H,1-7H3. The molecule has 6 atom stereocenters. The molecule has 4 heteroatoms. The number of methoxy groups -OCH3 is 1. The van der Waals surface area contributed by atoms with Crippen LogP contribution >= 0.6 is 0 Å². The molecule has 3 N–H and O–H groups in total. The first-order chi connectivity index (χ1) is 7.37. The Bertz CT molecular complexity index is 309. The molecule has 0 aromatic rings. The summed E-state index contributed by atoms with van der Waals surface area (Å²) >= 11 is 0. The van der Waals surface area contributed by atoms with Gasteiger partial charge in [0.05, 0.1) is 22.4 Å². The maximum absolute atomic E-state index is 10.7. The van der Waals surface area contributed by atoms with Gasteiger partial charge in [-0.3, -0.25) is 0 Å². The smallest absolute Gasteiger partial charge is 0.0990 e. The zero-order chi connectivity index (χ0) is 13.9. The summed E-state index contributed by atoms with van der Waals surface area (Å²) in [5.74, 6) is -0.938. The average molecular weight is 246 g/mol. The van der Waals surface area contributed by atoms with Gasteiger partial charge < -0.3 is 20.1 Å². The van der Waals surface area contributed by atoms with Crippen LogP contribution in [0.3, 0.4) is 0 Å². The molecule has 1 aliphatic carbocycles. The van der Waals surface area contributed by atoms with Crippen molar-refractivity contribution >= 4 is 0 Å². The van der Waals surface area contributed by atoms with Crippen molar-refractivity contribution in [3.63, 3.8) is 0 Å². The molecule has 0 spiro atoms. The van der Waals surface area contributed by atoms with Gasteiger partial charge in [-0.2, -0.15) is 0 Å². The van der Waals surface area contributed by atoms with Gasteiger partial charge in [0.1, 0.15) is 0 Å². The fourth-order valence-electron chi connectivity index (χ4n) is 3.21. The van der Waals surface area contributed by atoms with Gasteiger partial charge in [0.2, 0.25) is 0 Å². The summed E-state index contributed by atoms with van der Waals surface area (Å²) in [5, 5.41) is 31.8. The normalized spacial score (nSPS) is 60.4. The van der Waals surface area contributed by atoms with E-state index < -0.39 is 34.2 Å². The van der Waals surface area contributed by atoms with Gasteiger partial charge in [-0.05, 0) is 27.7 Å². The molecule has 17 heavy (non-hydrogen) atoms. The molecule has 0 bridgehead atoms. The highest BCUT2D eigenvalue weighted by molar-refractivity contribution is 5.19. The van der Waals surface area contributed by atoms with E-state index in [1.54, 1.807) is 41.5 Å². The Morgan fingerprint density at radius 1 is 0.765 bits per heavy atom. The van der Waals surface area contributed by atoms with Gasteiger partial charge in [-0.15, -0.1) is 0 Å². The van der Waals surface area contributed by atoms with Crippen LogP contribution in [0.15, 0.2) is 0 Å². The Balaban J connectivity index is 3.43. The van der Waals surface area contributed by atoms with Crippen molar-refractivity contribution in [2.45, 2.75) is 63.9 Å². The minimum absolute atomic E-state index is 0.416. The molecule has 0 radical (unpaired) electrons. The molecule has 0 saturated heterocycles. The van der Waals surface area contributed by atoms with Crippen LogP contribution in [-0.4, -0.2) is 44.8 Å². The lowest BCUT2D eigenvalue weighted by Crippen LogP contribution is -2.78. The number of ether oxygens (including phenoxy) is 1. The van der Waals surface area contributed by atoms with E-state index >= 15 is 0 Å². The Morgan fingerprint density at radius 3 is 1.47 bits per heavy atom. The molecule has 0 aliphatic heterocycles. The lowest BCUT2D eigenvalue weighted by molar-refractivity contribution is -0.329. The summed E-state index contributed by atoms with van der Waals surface area (Å²) in [4.78, 5) is 0. The van der Waals surface area contributed by atoms with Gasteiger partial charge in [0, 0.05) is 18.9 Å². The quantitative estimate of drug-likeness (QED) is 0.644. The average Bonchev–Trinajstić information content (AvgIpc) is 2.23. The van der Waals surface area contributed by atoms with Gasteiger partial charge >= 0.3 is 0 Å². The van der Waals surface area contributed by atoms with Gasteiger partial charge in [0.25, 0.3) is 0 Å². The second-order valence-electron chi connectivity index (χ2n) is 6.20. The summed E-state index contributed by atoms with van der Waals surface area (Å²) in [5.41, 5.74) is -4.86. The van der Waals surface area contributed by atoms with Crippen LogP contribution in [0, 0.1) is 11.8 Å². The molecule has 1 rings (SSSR count). The zero-order valence-electron chi connectivity index (χ0n) is 11.9. The summed E-state index contributed by atoms with van der Waals surface area (Å²) in [7, 11) is 1.52. The topological polar surface area (TPSA) is 69.9 Å².